The first-order valence-electron chi connectivity index (χ1n) is 9.83. The zero-order valence-corrected chi connectivity index (χ0v) is 16.9. The highest BCUT2D eigenvalue weighted by molar-refractivity contribution is 7.92. The van der Waals surface area contributed by atoms with E-state index in [0.29, 0.717) is 17.2 Å². The highest BCUT2D eigenvalue weighted by Crippen LogP contribution is 2.44. The van der Waals surface area contributed by atoms with Gasteiger partial charge in [-0.05, 0) is 48.8 Å². The summed E-state index contributed by atoms with van der Waals surface area (Å²) in [5, 5.41) is 3.18. The van der Waals surface area contributed by atoms with E-state index in [0.717, 1.165) is 17.9 Å². The van der Waals surface area contributed by atoms with Crippen LogP contribution in [0.4, 0.5) is 5.69 Å². The van der Waals surface area contributed by atoms with Crippen LogP contribution in [-0.2, 0) is 16.6 Å². The first kappa shape index (κ1) is 19.0. The lowest BCUT2D eigenvalue weighted by molar-refractivity contribution is 0.0923. The number of amides is 1. The molecule has 0 aromatic heterocycles. The Kier molecular flexibility index (Phi) is 5.15. The van der Waals surface area contributed by atoms with E-state index in [2.05, 4.69) is 5.32 Å². The number of rotatable bonds is 6. The molecule has 0 spiro atoms. The Morgan fingerprint density at radius 3 is 2.39 bits per heavy atom. The molecule has 3 atom stereocenters. The molecule has 28 heavy (non-hydrogen) atoms. The molecule has 4 rings (SSSR count). The molecule has 0 unspecified atom stereocenters. The van der Waals surface area contributed by atoms with Crippen LogP contribution in [0.25, 0.3) is 0 Å². The molecular weight excluding hydrogens is 372 g/mol. The van der Waals surface area contributed by atoms with Crippen molar-refractivity contribution in [1.82, 2.24) is 5.32 Å². The number of hydrogen-bond acceptors (Lipinski definition) is 3. The minimum Gasteiger partial charge on any atom is -0.349 e. The Morgan fingerprint density at radius 2 is 1.75 bits per heavy atom. The van der Waals surface area contributed by atoms with E-state index in [9.17, 15) is 13.2 Å². The van der Waals surface area contributed by atoms with Crippen molar-refractivity contribution >= 4 is 21.6 Å². The molecule has 1 N–H and O–H groups in total. The van der Waals surface area contributed by atoms with E-state index in [1.54, 1.807) is 24.3 Å². The number of carbonyl (C=O) groups is 1. The third kappa shape index (κ3) is 3.92. The standard InChI is InChI=1S/C22H26N2O3S/c1-28(26,27)24(15-16-7-3-2-4-8-16)21-10-6-5-9-19(21)22(25)23-20-14-17-11-12-18(20)13-17/h2-10,17-18,20H,11-15H2,1H3,(H,23,25)/t17-,18-,20+/m0/s1. The van der Waals surface area contributed by atoms with Crippen LogP contribution in [-0.4, -0.2) is 26.6 Å². The van der Waals surface area contributed by atoms with E-state index in [4.69, 9.17) is 0 Å². The second-order valence-electron chi connectivity index (χ2n) is 8.03. The topological polar surface area (TPSA) is 66.5 Å². The molecule has 2 aliphatic rings. The third-order valence-corrected chi connectivity index (χ3v) is 7.17. The molecule has 2 fully saturated rings. The number of anilines is 1. The maximum absolute atomic E-state index is 13.0. The largest absolute Gasteiger partial charge is 0.349 e. The van der Waals surface area contributed by atoms with Crippen molar-refractivity contribution in [3.63, 3.8) is 0 Å². The molecule has 0 radical (unpaired) electrons. The predicted octanol–water partition coefficient (Wildman–Crippen LogP) is 3.57. The van der Waals surface area contributed by atoms with Crippen molar-refractivity contribution in [1.29, 1.82) is 0 Å². The Bertz CT molecular complexity index is 959. The highest BCUT2D eigenvalue weighted by Gasteiger charge is 2.40. The second kappa shape index (κ2) is 7.59. The number of nitrogens with one attached hydrogen (secondary N) is 1. The zero-order chi connectivity index (χ0) is 19.7. The molecule has 0 aliphatic heterocycles. The van der Waals surface area contributed by atoms with E-state index in [1.165, 1.54) is 29.8 Å². The Morgan fingerprint density at radius 1 is 1.04 bits per heavy atom. The highest BCUT2D eigenvalue weighted by atomic mass is 32.2. The molecule has 5 nitrogen and oxygen atoms in total. The van der Waals surface area contributed by atoms with Gasteiger partial charge >= 0.3 is 0 Å². The monoisotopic (exact) mass is 398 g/mol. The maximum atomic E-state index is 13.0. The molecule has 0 heterocycles. The lowest BCUT2D eigenvalue weighted by Crippen LogP contribution is -2.39. The Hall–Kier alpha value is -2.34. The fourth-order valence-corrected chi connectivity index (χ4v) is 5.58. The molecule has 2 aromatic rings. The van der Waals surface area contributed by atoms with Gasteiger partial charge in [-0.25, -0.2) is 8.42 Å². The van der Waals surface area contributed by atoms with Gasteiger partial charge in [-0.1, -0.05) is 48.9 Å². The van der Waals surface area contributed by atoms with E-state index in [1.807, 2.05) is 30.3 Å². The number of para-hydroxylation sites is 1. The average Bonchev–Trinajstić information content (AvgIpc) is 3.29. The maximum Gasteiger partial charge on any atom is 0.253 e. The van der Waals surface area contributed by atoms with Crippen LogP contribution in [0.15, 0.2) is 54.6 Å². The molecule has 1 amide bonds. The summed E-state index contributed by atoms with van der Waals surface area (Å²) in [6, 6.07) is 16.6. The van der Waals surface area contributed by atoms with Gasteiger partial charge in [-0.2, -0.15) is 0 Å². The summed E-state index contributed by atoms with van der Waals surface area (Å²) in [6.07, 6.45) is 5.88. The quantitative estimate of drug-likeness (QED) is 0.809. The summed E-state index contributed by atoms with van der Waals surface area (Å²) in [4.78, 5) is 13.0. The predicted molar refractivity (Wildman–Crippen MR) is 111 cm³/mol. The molecule has 2 aromatic carbocycles. The lowest BCUT2D eigenvalue weighted by Gasteiger charge is -2.27. The van der Waals surface area contributed by atoms with Crippen molar-refractivity contribution in [3.8, 4) is 0 Å². The number of carbonyl (C=O) groups excluding carboxylic acids is 1. The van der Waals surface area contributed by atoms with Gasteiger partial charge in [-0.15, -0.1) is 0 Å². The molecule has 2 bridgehead atoms. The summed E-state index contributed by atoms with van der Waals surface area (Å²) in [5.41, 5.74) is 1.71. The van der Waals surface area contributed by atoms with Crippen LogP contribution >= 0.6 is 0 Å². The van der Waals surface area contributed by atoms with Crippen LogP contribution < -0.4 is 9.62 Å². The molecule has 148 valence electrons. The third-order valence-electron chi connectivity index (χ3n) is 6.04. The molecular formula is C22H26N2O3S. The first-order chi connectivity index (χ1) is 13.4. The van der Waals surface area contributed by atoms with Crippen LogP contribution in [0.2, 0.25) is 0 Å². The van der Waals surface area contributed by atoms with Crippen molar-refractivity contribution in [3.05, 3.63) is 65.7 Å². The summed E-state index contributed by atoms with van der Waals surface area (Å²) in [5.74, 6) is 1.11. The number of sulfonamides is 1. The van der Waals surface area contributed by atoms with Crippen molar-refractivity contribution in [2.24, 2.45) is 11.8 Å². The van der Waals surface area contributed by atoms with Crippen LogP contribution in [0.3, 0.4) is 0 Å². The summed E-state index contributed by atoms with van der Waals surface area (Å²) < 4.78 is 26.4. The smallest absolute Gasteiger partial charge is 0.253 e. The SMILES string of the molecule is CS(=O)(=O)N(Cc1ccccc1)c1ccccc1C(=O)N[C@@H]1C[C@H]2CC[C@H]1C2. The number of hydrogen-bond donors (Lipinski definition) is 1. The van der Waals surface area contributed by atoms with Gasteiger partial charge in [0.2, 0.25) is 10.0 Å². The number of fused-ring (bicyclic) bond motifs is 2. The molecule has 6 heteroatoms. The van der Waals surface area contributed by atoms with Gasteiger partial charge < -0.3 is 5.32 Å². The number of nitrogens with zero attached hydrogens (tertiary/aromatic N) is 1. The van der Waals surface area contributed by atoms with Gasteiger partial charge in [0, 0.05) is 6.04 Å². The molecule has 2 aliphatic carbocycles. The fourth-order valence-electron chi connectivity index (χ4n) is 4.68. The first-order valence-corrected chi connectivity index (χ1v) is 11.7. The second-order valence-corrected chi connectivity index (χ2v) is 9.93. The molecule has 0 saturated heterocycles. The minimum absolute atomic E-state index is 0.185. The van der Waals surface area contributed by atoms with Gasteiger partial charge in [0.05, 0.1) is 24.1 Å². The number of benzene rings is 2. The normalized spacial score (nSPS) is 23.5. The summed E-state index contributed by atoms with van der Waals surface area (Å²) >= 11 is 0. The zero-order valence-electron chi connectivity index (χ0n) is 16.0. The fraction of sp³-hybridized carbons (Fsp3) is 0.409. The summed E-state index contributed by atoms with van der Waals surface area (Å²) in [6.45, 7) is 0.193. The minimum atomic E-state index is -3.55. The van der Waals surface area contributed by atoms with Crippen molar-refractivity contribution < 1.29 is 13.2 Å². The van der Waals surface area contributed by atoms with Crippen LogP contribution in [0, 0.1) is 11.8 Å². The summed E-state index contributed by atoms with van der Waals surface area (Å²) in [7, 11) is -3.55. The van der Waals surface area contributed by atoms with Crippen LogP contribution in [0.5, 0.6) is 0 Å². The average molecular weight is 399 g/mol. The van der Waals surface area contributed by atoms with Gasteiger partial charge in [0.15, 0.2) is 0 Å². The Labute approximate surface area is 166 Å². The Balaban J connectivity index is 1.62. The van der Waals surface area contributed by atoms with Crippen molar-refractivity contribution in [2.45, 2.75) is 38.3 Å². The van der Waals surface area contributed by atoms with Crippen LogP contribution in [0.1, 0.15) is 41.6 Å². The van der Waals surface area contributed by atoms with Gasteiger partial charge in [0.1, 0.15) is 0 Å². The van der Waals surface area contributed by atoms with Gasteiger partial charge in [-0.3, -0.25) is 9.10 Å². The van der Waals surface area contributed by atoms with E-state index < -0.39 is 10.0 Å². The molecule has 2 saturated carbocycles. The van der Waals surface area contributed by atoms with Crippen molar-refractivity contribution in [2.75, 3.05) is 10.6 Å². The lowest BCUT2D eigenvalue weighted by atomic mass is 9.95. The van der Waals surface area contributed by atoms with Gasteiger partial charge in [0.25, 0.3) is 5.91 Å². The van der Waals surface area contributed by atoms with E-state index in [-0.39, 0.29) is 18.5 Å². The van der Waals surface area contributed by atoms with E-state index >= 15 is 0 Å².